The summed E-state index contributed by atoms with van der Waals surface area (Å²) in [6.07, 6.45) is 0. The highest BCUT2D eigenvalue weighted by Crippen LogP contribution is 2.32. The first-order valence-corrected chi connectivity index (χ1v) is 14.2. The molecule has 0 heterocycles. The Balaban J connectivity index is 1.68. The van der Waals surface area contributed by atoms with Gasteiger partial charge in [0.1, 0.15) is 6.54 Å². The molecule has 0 aliphatic rings. The molecule has 0 aliphatic heterocycles. The number of amides is 1. The second kappa shape index (κ2) is 13.1. The van der Waals surface area contributed by atoms with Gasteiger partial charge in [0, 0.05) is 34.2 Å². The molecule has 0 aliphatic carbocycles. The van der Waals surface area contributed by atoms with Crippen molar-refractivity contribution in [2.24, 2.45) is 0 Å². The van der Waals surface area contributed by atoms with E-state index in [4.69, 9.17) is 32.7 Å². The molecule has 0 saturated heterocycles. The van der Waals surface area contributed by atoms with Crippen molar-refractivity contribution in [1.82, 2.24) is 5.32 Å². The van der Waals surface area contributed by atoms with Crippen molar-refractivity contribution in [2.75, 3.05) is 37.4 Å². The largest absolute Gasteiger partial charge is 0.493 e. The van der Waals surface area contributed by atoms with Gasteiger partial charge in [0.15, 0.2) is 11.5 Å². The standard InChI is InChI=1S/C25H26Cl2N2O5S2/c1-33-23-12-11-19(15-24(23)34-2)36(31,32)29(18-7-4-3-5-8-18)16-25(30)28-13-14-35-17-20-21(26)9-6-10-22(20)27/h3-12,15H,13-14,16-17H2,1-2H3,(H,28,30). The molecule has 0 saturated carbocycles. The Labute approximate surface area is 225 Å². The number of nitrogens with one attached hydrogen (secondary N) is 1. The van der Waals surface area contributed by atoms with Gasteiger partial charge in [0.25, 0.3) is 10.0 Å². The molecular weight excluding hydrogens is 543 g/mol. The van der Waals surface area contributed by atoms with Crippen LogP contribution in [0, 0.1) is 0 Å². The first kappa shape index (κ1) is 28.0. The molecule has 0 atom stereocenters. The van der Waals surface area contributed by atoms with Gasteiger partial charge in [-0.3, -0.25) is 9.10 Å². The van der Waals surface area contributed by atoms with E-state index in [1.54, 1.807) is 60.3 Å². The molecule has 1 N–H and O–H groups in total. The molecular formula is C25H26Cl2N2O5S2. The minimum absolute atomic E-state index is 0.0241. The molecule has 1 amide bonds. The molecule has 0 bridgehead atoms. The molecule has 0 fully saturated rings. The number of sulfonamides is 1. The maximum Gasteiger partial charge on any atom is 0.264 e. The van der Waals surface area contributed by atoms with Gasteiger partial charge < -0.3 is 14.8 Å². The number of thioether (sulfide) groups is 1. The summed E-state index contributed by atoms with van der Waals surface area (Å²) in [4.78, 5) is 12.7. The monoisotopic (exact) mass is 568 g/mol. The molecule has 11 heteroatoms. The Morgan fingerprint density at radius 1 is 0.944 bits per heavy atom. The Morgan fingerprint density at radius 2 is 1.61 bits per heavy atom. The van der Waals surface area contributed by atoms with Gasteiger partial charge in [-0.15, -0.1) is 0 Å². The quantitative estimate of drug-likeness (QED) is 0.300. The molecule has 36 heavy (non-hydrogen) atoms. The molecule has 0 aromatic heterocycles. The van der Waals surface area contributed by atoms with Crippen molar-refractivity contribution >= 4 is 56.6 Å². The van der Waals surface area contributed by atoms with Crippen molar-refractivity contribution in [1.29, 1.82) is 0 Å². The maximum atomic E-state index is 13.6. The van der Waals surface area contributed by atoms with E-state index in [2.05, 4.69) is 5.32 Å². The van der Waals surface area contributed by atoms with Crippen LogP contribution in [0.2, 0.25) is 10.0 Å². The lowest BCUT2D eigenvalue weighted by atomic mass is 10.2. The number of hydrogen-bond acceptors (Lipinski definition) is 6. The summed E-state index contributed by atoms with van der Waals surface area (Å²) in [6, 6.07) is 18.1. The maximum absolute atomic E-state index is 13.6. The number of benzene rings is 3. The summed E-state index contributed by atoms with van der Waals surface area (Å²) in [7, 11) is -1.19. The number of carbonyl (C=O) groups is 1. The van der Waals surface area contributed by atoms with Crippen LogP contribution in [-0.4, -0.2) is 47.4 Å². The summed E-state index contributed by atoms with van der Waals surface area (Å²) in [6.45, 7) is -0.0354. The second-order valence-electron chi connectivity index (χ2n) is 7.47. The Hall–Kier alpha value is -2.59. The zero-order chi connectivity index (χ0) is 26.1. The van der Waals surface area contributed by atoms with Crippen LogP contribution in [0.4, 0.5) is 5.69 Å². The van der Waals surface area contributed by atoms with Gasteiger partial charge >= 0.3 is 0 Å². The smallest absolute Gasteiger partial charge is 0.264 e. The number of ether oxygens (including phenoxy) is 2. The van der Waals surface area contributed by atoms with E-state index in [-0.39, 0.29) is 17.2 Å². The van der Waals surface area contributed by atoms with E-state index in [9.17, 15) is 13.2 Å². The van der Waals surface area contributed by atoms with Gasteiger partial charge in [-0.1, -0.05) is 47.5 Å². The summed E-state index contributed by atoms with van der Waals surface area (Å²) in [5.74, 6) is 1.43. The van der Waals surface area contributed by atoms with Gasteiger partial charge in [-0.2, -0.15) is 11.8 Å². The van der Waals surface area contributed by atoms with Crippen LogP contribution >= 0.6 is 35.0 Å². The lowest BCUT2D eigenvalue weighted by molar-refractivity contribution is -0.119. The number of nitrogens with zero attached hydrogens (tertiary/aromatic N) is 1. The number of methoxy groups -OCH3 is 2. The normalized spacial score (nSPS) is 11.1. The van der Waals surface area contributed by atoms with E-state index >= 15 is 0 Å². The Morgan fingerprint density at radius 3 is 2.25 bits per heavy atom. The van der Waals surface area contributed by atoms with Crippen LogP contribution in [0.1, 0.15) is 5.56 Å². The van der Waals surface area contributed by atoms with E-state index in [0.717, 1.165) is 9.87 Å². The van der Waals surface area contributed by atoms with Crippen LogP contribution in [0.3, 0.4) is 0 Å². The van der Waals surface area contributed by atoms with Crippen LogP contribution in [-0.2, 0) is 20.6 Å². The molecule has 3 aromatic rings. The average Bonchev–Trinajstić information content (AvgIpc) is 2.88. The van der Waals surface area contributed by atoms with Crippen LogP contribution < -0.4 is 19.1 Å². The predicted octanol–water partition coefficient (Wildman–Crippen LogP) is 5.26. The van der Waals surface area contributed by atoms with Gasteiger partial charge in [-0.25, -0.2) is 8.42 Å². The molecule has 0 spiro atoms. The highest BCUT2D eigenvalue weighted by atomic mass is 35.5. The number of halogens is 2. The highest BCUT2D eigenvalue weighted by molar-refractivity contribution is 7.98. The van der Waals surface area contributed by atoms with Crippen LogP contribution in [0.15, 0.2) is 71.6 Å². The highest BCUT2D eigenvalue weighted by Gasteiger charge is 2.28. The molecule has 3 rings (SSSR count). The van der Waals surface area contributed by atoms with Crippen LogP contribution in [0.5, 0.6) is 11.5 Å². The number of rotatable bonds is 12. The van der Waals surface area contributed by atoms with Crippen molar-refractivity contribution in [2.45, 2.75) is 10.6 Å². The van der Waals surface area contributed by atoms with E-state index < -0.39 is 15.9 Å². The van der Waals surface area contributed by atoms with Crippen molar-refractivity contribution in [3.05, 3.63) is 82.3 Å². The predicted molar refractivity (Wildman–Crippen MR) is 146 cm³/mol. The van der Waals surface area contributed by atoms with E-state index in [1.165, 1.54) is 32.4 Å². The average molecular weight is 570 g/mol. The molecule has 0 unspecified atom stereocenters. The summed E-state index contributed by atoms with van der Waals surface area (Å²) in [5, 5.41) is 3.98. The van der Waals surface area contributed by atoms with E-state index in [0.29, 0.717) is 39.5 Å². The zero-order valence-corrected chi connectivity index (χ0v) is 22.9. The third-order valence-corrected chi connectivity index (χ3v) is 8.61. The summed E-state index contributed by atoms with van der Waals surface area (Å²) in [5.41, 5.74) is 1.21. The third-order valence-electron chi connectivity index (χ3n) is 5.15. The molecule has 0 radical (unpaired) electrons. The van der Waals surface area contributed by atoms with Crippen LogP contribution in [0.25, 0.3) is 0 Å². The van der Waals surface area contributed by atoms with E-state index in [1.807, 2.05) is 0 Å². The minimum Gasteiger partial charge on any atom is -0.493 e. The Kier molecular flexibility index (Phi) is 10.2. The van der Waals surface area contributed by atoms with Crippen molar-refractivity contribution < 1.29 is 22.7 Å². The first-order valence-electron chi connectivity index (χ1n) is 10.8. The van der Waals surface area contributed by atoms with Gasteiger partial charge in [-0.05, 0) is 42.0 Å². The first-order chi connectivity index (χ1) is 17.3. The SMILES string of the molecule is COc1ccc(S(=O)(=O)N(CC(=O)NCCSCc2c(Cl)cccc2Cl)c2ccccc2)cc1OC. The number of anilines is 1. The molecule has 192 valence electrons. The number of para-hydroxylation sites is 1. The fourth-order valence-electron chi connectivity index (χ4n) is 3.31. The van der Waals surface area contributed by atoms with Crippen molar-refractivity contribution in [3.63, 3.8) is 0 Å². The molecule has 3 aromatic carbocycles. The van der Waals surface area contributed by atoms with Gasteiger partial charge in [0.2, 0.25) is 5.91 Å². The lowest BCUT2D eigenvalue weighted by Gasteiger charge is -2.24. The fraction of sp³-hybridized carbons (Fsp3) is 0.240. The van der Waals surface area contributed by atoms with Crippen molar-refractivity contribution in [3.8, 4) is 11.5 Å². The fourth-order valence-corrected chi connectivity index (χ4v) is 6.34. The van der Waals surface area contributed by atoms with Gasteiger partial charge in [0.05, 0.1) is 24.8 Å². The summed E-state index contributed by atoms with van der Waals surface area (Å²) >= 11 is 13.9. The number of hydrogen-bond donors (Lipinski definition) is 1. The summed E-state index contributed by atoms with van der Waals surface area (Å²) < 4.78 is 38.6. The lowest BCUT2D eigenvalue weighted by Crippen LogP contribution is -2.41. The third kappa shape index (κ3) is 7.00. The Bertz CT molecular complexity index is 1270. The minimum atomic E-state index is -4.09. The molecule has 7 nitrogen and oxygen atoms in total. The number of carbonyl (C=O) groups excluding carboxylic acids is 1. The topological polar surface area (TPSA) is 84.9 Å². The zero-order valence-electron chi connectivity index (χ0n) is 19.7. The second-order valence-corrected chi connectivity index (χ2v) is 11.2.